The maximum Gasteiger partial charge on any atom is 0.0955 e. The maximum absolute atomic E-state index is 5.26. The zero-order valence-electron chi connectivity index (χ0n) is 6.44. The summed E-state index contributed by atoms with van der Waals surface area (Å²) in [6.45, 7) is 9.27. The molecule has 0 amide bonds. The van der Waals surface area contributed by atoms with Crippen LogP contribution in [0.25, 0.3) is 0 Å². The molecule has 0 radical (unpaired) electrons. The smallest absolute Gasteiger partial charge is 0.0955 e. The van der Waals surface area contributed by atoms with E-state index in [1.54, 1.807) is 6.08 Å². The highest BCUT2D eigenvalue weighted by molar-refractivity contribution is 4.94. The molecular weight excluding hydrogens is 112 g/mol. The Morgan fingerprint density at radius 2 is 2.00 bits per heavy atom. The van der Waals surface area contributed by atoms with Crippen molar-refractivity contribution in [2.75, 3.05) is 0 Å². The molecule has 9 heavy (non-hydrogen) atoms. The van der Waals surface area contributed by atoms with Gasteiger partial charge in [0.15, 0.2) is 0 Å². The number of rotatable bonds is 2. The predicted octanol–water partition coefficient (Wildman–Crippen LogP) is 1.57. The van der Waals surface area contributed by atoms with Crippen LogP contribution < -0.4 is 11.1 Å². The lowest BCUT2D eigenvalue weighted by atomic mass is 10.6. The van der Waals surface area contributed by atoms with Crippen LogP contribution in [0.1, 0.15) is 20.8 Å². The standard InChI is InChI=1S/C5H10N2.C2H6/c1-3-5(6)7-4-2;1-2/h3-4,7H,2,6H2,1H3;1-2H3/b5-3-;. The van der Waals surface area contributed by atoms with Gasteiger partial charge in [-0.2, -0.15) is 0 Å². The fourth-order valence-corrected chi connectivity index (χ4v) is 0.201. The lowest BCUT2D eigenvalue weighted by Crippen LogP contribution is -2.12. The van der Waals surface area contributed by atoms with Crippen LogP contribution in [0.3, 0.4) is 0 Å². The van der Waals surface area contributed by atoms with E-state index in [0.29, 0.717) is 5.82 Å². The first-order valence-corrected chi connectivity index (χ1v) is 3.10. The minimum absolute atomic E-state index is 0.634. The highest BCUT2D eigenvalue weighted by atomic mass is 15.0. The maximum atomic E-state index is 5.26. The Balaban J connectivity index is 0. The highest BCUT2D eigenvalue weighted by Crippen LogP contribution is 1.71. The molecule has 0 bridgehead atoms. The van der Waals surface area contributed by atoms with E-state index < -0.39 is 0 Å². The Hall–Kier alpha value is -0.920. The molecule has 2 nitrogen and oxygen atoms in total. The summed E-state index contributed by atoms with van der Waals surface area (Å²) < 4.78 is 0. The monoisotopic (exact) mass is 128 g/mol. The minimum Gasteiger partial charge on any atom is -0.386 e. The van der Waals surface area contributed by atoms with Gasteiger partial charge in [-0.1, -0.05) is 20.4 Å². The van der Waals surface area contributed by atoms with Gasteiger partial charge in [0, 0.05) is 0 Å². The fourth-order valence-electron chi connectivity index (χ4n) is 0.201. The average Bonchev–Trinajstić information content (AvgIpc) is 1.93. The van der Waals surface area contributed by atoms with E-state index in [2.05, 4.69) is 11.9 Å². The van der Waals surface area contributed by atoms with Gasteiger partial charge in [-0.25, -0.2) is 0 Å². The summed E-state index contributed by atoms with van der Waals surface area (Å²) in [7, 11) is 0. The molecule has 0 unspecified atom stereocenters. The third kappa shape index (κ3) is 11.0. The third-order valence-corrected chi connectivity index (χ3v) is 0.580. The number of allylic oxidation sites excluding steroid dienone is 1. The van der Waals surface area contributed by atoms with E-state index in [9.17, 15) is 0 Å². The van der Waals surface area contributed by atoms with E-state index in [1.807, 2.05) is 20.8 Å². The highest BCUT2D eigenvalue weighted by Gasteiger charge is 1.72. The van der Waals surface area contributed by atoms with E-state index in [4.69, 9.17) is 5.73 Å². The Morgan fingerprint density at radius 3 is 2.11 bits per heavy atom. The molecule has 3 N–H and O–H groups in total. The van der Waals surface area contributed by atoms with Gasteiger partial charge < -0.3 is 11.1 Å². The summed E-state index contributed by atoms with van der Waals surface area (Å²) in [5.41, 5.74) is 5.26. The molecule has 0 spiro atoms. The van der Waals surface area contributed by atoms with E-state index in [1.165, 1.54) is 6.20 Å². The van der Waals surface area contributed by atoms with Gasteiger partial charge in [-0.15, -0.1) is 0 Å². The molecule has 0 aromatic carbocycles. The number of nitrogens with two attached hydrogens (primary N) is 1. The van der Waals surface area contributed by atoms with Gasteiger partial charge in [0.25, 0.3) is 0 Å². The molecule has 0 aliphatic rings. The van der Waals surface area contributed by atoms with Crippen molar-refractivity contribution in [1.29, 1.82) is 0 Å². The molecule has 0 fully saturated rings. The third-order valence-electron chi connectivity index (χ3n) is 0.580. The van der Waals surface area contributed by atoms with Crippen molar-refractivity contribution >= 4 is 0 Å². The largest absolute Gasteiger partial charge is 0.386 e. The zero-order valence-corrected chi connectivity index (χ0v) is 6.44. The van der Waals surface area contributed by atoms with E-state index in [-0.39, 0.29) is 0 Å². The van der Waals surface area contributed by atoms with Gasteiger partial charge in [0.1, 0.15) is 0 Å². The molecule has 0 aliphatic carbocycles. The SMILES string of the molecule is C=CN/C(N)=C\C.CC. The molecule has 0 aromatic heterocycles. The summed E-state index contributed by atoms with van der Waals surface area (Å²) in [6, 6.07) is 0. The van der Waals surface area contributed by atoms with E-state index >= 15 is 0 Å². The van der Waals surface area contributed by atoms with Crippen LogP contribution in [0.4, 0.5) is 0 Å². The molecule has 0 heterocycles. The molecule has 0 saturated heterocycles. The van der Waals surface area contributed by atoms with Gasteiger partial charge in [0.2, 0.25) is 0 Å². The quantitative estimate of drug-likeness (QED) is 0.592. The normalized spacial score (nSPS) is 9.00. The van der Waals surface area contributed by atoms with Crippen LogP contribution in [-0.2, 0) is 0 Å². The summed E-state index contributed by atoms with van der Waals surface area (Å²) in [5, 5.41) is 2.70. The first-order valence-electron chi connectivity index (χ1n) is 3.10. The van der Waals surface area contributed by atoms with Gasteiger partial charge in [0.05, 0.1) is 5.82 Å². The molecule has 0 saturated carbocycles. The first kappa shape index (κ1) is 11.0. The lowest BCUT2D eigenvalue weighted by Gasteiger charge is -1.93. The van der Waals surface area contributed by atoms with Gasteiger partial charge in [-0.3, -0.25) is 0 Å². The summed E-state index contributed by atoms with van der Waals surface area (Å²) in [5.74, 6) is 0.634. The molecule has 2 heteroatoms. The Labute approximate surface area is 57.4 Å². The fraction of sp³-hybridized carbons (Fsp3) is 0.429. The van der Waals surface area contributed by atoms with Gasteiger partial charge in [-0.05, 0) is 19.2 Å². The zero-order chi connectivity index (χ0) is 7.70. The first-order chi connectivity index (χ1) is 4.31. The van der Waals surface area contributed by atoms with Crippen LogP contribution >= 0.6 is 0 Å². The molecular formula is C7H16N2. The average molecular weight is 128 g/mol. The number of hydrogen-bond donors (Lipinski definition) is 2. The van der Waals surface area contributed by atoms with E-state index in [0.717, 1.165) is 0 Å². The lowest BCUT2D eigenvalue weighted by molar-refractivity contribution is 1.03. The van der Waals surface area contributed by atoms with Crippen LogP contribution in [-0.4, -0.2) is 0 Å². The Morgan fingerprint density at radius 1 is 1.56 bits per heavy atom. The number of nitrogens with one attached hydrogen (secondary N) is 1. The van der Waals surface area contributed by atoms with Crippen molar-refractivity contribution in [1.82, 2.24) is 5.32 Å². The molecule has 0 atom stereocenters. The van der Waals surface area contributed by atoms with Crippen molar-refractivity contribution in [3.63, 3.8) is 0 Å². The van der Waals surface area contributed by atoms with Gasteiger partial charge >= 0.3 is 0 Å². The van der Waals surface area contributed by atoms with Crippen molar-refractivity contribution < 1.29 is 0 Å². The topological polar surface area (TPSA) is 38.0 Å². The second kappa shape index (κ2) is 10.1. The van der Waals surface area contributed by atoms with Crippen molar-refractivity contribution in [2.45, 2.75) is 20.8 Å². The summed E-state index contributed by atoms with van der Waals surface area (Å²) in [4.78, 5) is 0. The Kier molecular flexibility index (Phi) is 12.3. The van der Waals surface area contributed by atoms with Crippen LogP contribution in [0.5, 0.6) is 0 Å². The minimum atomic E-state index is 0.634. The van der Waals surface area contributed by atoms with Crippen molar-refractivity contribution in [2.24, 2.45) is 5.73 Å². The molecule has 0 aliphatic heterocycles. The molecule has 54 valence electrons. The predicted molar refractivity (Wildman–Crippen MR) is 42.6 cm³/mol. The van der Waals surface area contributed by atoms with Crippen molar-refractivity contribution in [3.8, 4) is 0 Å². The second-order valence-corrected chi connectivity index (χ2v) is 1.09. The Bertz CT molecular complexity index is 84.9. The van der Waals surface area contributed by atoms with Crippen LogP contribution in [0.2, 0.25) is 0 Å². The van der Waals surface area contributed by atoms with Crippen LogP contribution in [0, 0.1) is 0 Å². The van der Waals surface area contributed by atoms with Crippen molar-refractivity contribution in [3.05, 3.63) is 24.7 Å². The number of hydrogen-bond acceptors (Lipinski definition) is 2. The molecule has 0 aromatic rings. The second-order valence-electron chi connectivity index (χ2n) is 1.09. The molecule has 0 rings (SSSR count). The summed E-state index contributed by atoms with van der Waals surface area (Å²) in [6.07, 6.45) is 3.30. The van der Waals surface area contributed by atoms with Crippen LogP contribution in [0.15, 0.2) is 24.7 Å². The summed E-state index contributed by atoms with van der Waals surface area (Å²) >= 11 is 0.